The van der Waals surface area contributed by atoms with Crippen molar-refractivity contribution in [3.05, 3.63) is 53.6 Å². The first-order valence-corrected chi connectivity index (χ1v) is 9.04. The number of carbonyl (C=O) groups excluding carboxylic acids is 3. The molecular formula is C21H21N3O3. The zero-order chi connectivity index (χ0) is 19.2. The van der Waals surface area contributed by atoms with Gasteiger partial charge in [-0.25, -0.2) is 0 Å². The fourth-order valence-electron chi connectivity index (χ4n) is 3.59. The fourth-order valence-corrected chi connectivity index (χ4v) is 3.59. The van der Waals surface area contributed by atoms with Crippen LogP contribution in [0.15, 0.2) is 42.5 Å². The second-order valence-electron chi connectivity index (χ2n) is 7.49. The van der Waals surface area contributed by atoms with E-state index < -0.39 is 5.41 Å². The third-order valence-electron chi connectivity index (χ3n) is 5.26. The van der Waals surface area contributed by atoms with Crippen molar-refractivity contribution in [2.75, 3.05) is 22.1 Å². The summed E-state index contributed by atoms with van der Waals surface area (Å²) in [5.74, 6) is -0.215. The molecule has 6 heteroatoms. The average Bonchev–Trinajstić information content (AvgIpc) is 3.17. The lowest BCUT2D eigenvalue weighted by atomic mass is 9.86. The summed E-state index contributed by atoms with van der Waals surface area (Å²) in [5.41, 5.74) is 2.87. The van der Waals surface area contributed by atoms with Gasteiger partial charge in [0.2, 0.25) is 11.8 Å². The van der Waals surface area contributed by atoms with Crippen LogP contribution in [0.25, 0.3) is 0 Å². The molecule has 2 aromatic carbocycles. The number of fused-ring (bicyclic) bond motifs is 1. The normalized spacial score (nSPS) is 17.6. The SMILES string of the molecule is CC1(C)C(=O)Nc2ccc(NC(=O)c3cccc(N4CCCC4=O)c3)cc21. The second kappa shape index (κ2) is 6.23. The van der Waals surface area contributed by atoms with Gasteiger partial charge in [-0.2, -0.15) is 0 Å². The Kier molecular flexibility index (Phi) is 3.98. The first-order chi connectivity index (χ1) is 12.9. The highest BCUT2D eigenvalue weighted by atomic mass is 16.2. The monoisotopic (exact) mass is 363 g/mol. The van der Waals surface area contributed by atoms with Crippen LogP contribution in [0, 0.1) is 0 Å². The van der Waals surface area contributed by atoms with Crippen LogP contribution >= 0.6 is 0 Å². The zero-order valence-corrected chi connectivity index (χ0v) is 15.3. The Labute approximate surface area is 157 Å². The van der Waals surface area contributed by atoms with Gasteiger partial charge in [0, 0.05) is 35.6 Å². The summed E-state index contributed by atoms with van der Waals surface area (Å²) in [5, 5.41) is 5.74. The van der Waals surface area contributed by atoms with Crippen LogP contribution in [0.1, 0.15) is 42.6 Å². The van der Waals surface area contributed by atoms with E-state index in [2.05, 4.69) is 10.6 Å². The van der Waals surface area contributed by atoms with Gasteiger partial charge in [-0.3, -0.25) is 14.4 Å². The molecule has 1 saturated heterocycles. The summed E-state index contributed by atoms with van der Waals surface area (Å²) >= 11 is 0. The van der Waals surface area contributed by atoms with E-state index in [4.69, 9.17) is 0 Å². The smallest absolute Gasteiger partial charge is 0.255 e. The molecule has 0 aliphatic carbocycles. The van der Waals surface area contributed by atoms with Crippen molar-refractivity contribution in [2.45, 2.75) is 32.1 Å². The lowest BCUT2D eigenvalue weighted by Gasteiger charge is -2.17. The average molecular weight is 363 g/mol. The molecule has 3 amide bonds. The molecule has 2 aromatic rings. The predicted molar refractivity (Wildman–Crippen MR) is 104 cm³/mol. The number of nitrogens with one attached hydrogen (secondary N) is 2. The molecule has 2 aliphatic heterocycles. The Morgan fingerprint density at radius 3 is 2.70 bits per heavy atom. The lowest BCUT2D eigenvalue weighted by molar-refractivity contribution is -0.119. The molecule has 0 atom stereocenters. The lowest BCUT2D eigenvalue weighted by Crippen LogP contribution is -2.27. The topological polar surface area (TPSA) is 78.5 Å². The molecule has 4 rings (SSSR count). The molecular weight excluding hydrogens is 342 g/mol. The van der Waals surface area contributed by atoms with E-state index in [1.807, 2.05) is 26.0 Å². The van der Waals surface area contributed by atoms with Gasteiger partial charge in [0.1, 0.15) is 0 Å². The van der Waals surface area contributed by atoms with Crippen LogP contribution in [-0.2, 0) is 15.0 Å². The summed E-state index contributed by atoms with van der Waals surface area (Å²) in [6.07, 6.45) is 1.39. The minimum absolute atomic E-state index is 0.0519. The van der Waals surface area contributed by atoms with E-state index in [-0.39, 0.29) is 17.7 Å². The number of nitrogens with zero attached hydrogens (tertiary/aromatic N) is 1. The maximum Gasteiger partial charge on any atom is 0.255 e. The van der Waals surface area contributed by atoms with Crippen molar-refractivity contribution < 1.29 is 14.4 Å². The van der Waals surface area contributed by atoms with Gasteiger partial charge in [0.15, 0.2) is 0 Å². The van der Waals surface area contributed by atoms with Crippen molar-refractivity contribution in [2.24, 2.45) is 0 Å². The molecule has 138 valence electrons. The van der Waals surface area contributed by atoms with E-state index in [1.165, 1.54) is 0 Å². The predicted octanol–water partition coefficient (Wildman–Crippen LogP) is 3.30. The van der Waals surface area contributed by atoms with E-state index in [9.17, 15) is 14.4 Å². The molecule has 0 radical (unpaired) electrons. The van der Waals surface area contributed by atoms with Gasteiger partial charge < -0.3 is 15.5 Å². The largest absolute Gasteiger partial charge is 0.325 e. The maximum absolute atomic E-state index is 12.7. The van der Waals surface area contributed by atoms with Crippen molar-refractivity contribution in [1.82, 2.24) is 0 Å². The number of hydrogen-bond donors (Lipinski definition) is 2. The highest BCUT2D eigenvalue weighted by molar-refractivity contribution is 6.08. The number of anilines is 3. The van der Waals surface area contributed by atoms with E-state index in [0.717, 1.165) is 23.4 Å². The first-order valence-electron chi connectivity index (χ1n) is 9.04. The number of rotatable bonds is 3. The van der Waals surface area contributed by atoms with Gasteiger partial charge >= 0.3 is 0 Å². The second-order valence-corrected chi connectivity index (χ2v) is 7.49. The summed E-state index contributed by atoms with van der Waals surface area (Å²) in [6.45, 7) is 4.40. The Hall–Kier alpha value is -3.15. The molecule has 0 saturated carbocycles. The standard InChI is InChI=1S/C21H21N3O3/c1-21(2)16-12-14(8-9-17(16)23-20(21)27)22-19(26)13-5-3-6-15(11-13)24-10-4-7-18(24)25/h3,5-6,8-9,11-12H,4,7,10H2,1-2H3,(H,22,26)(H,23,27). The molecule has 6 nitrogen and oxygen atoms in total. The highest BCUT2D eigenvalue weighted by Gasteiger charge is 2.38. The molecule has 0 unspecified atom stereocenters. The van der Waals surface area contributed by atoms with Gasteiger partial charge in [-0.05, 0) is 62.2 Å². The van der Waals surface area contributed by atoms with Crippen LogP contribution in [0.3, 0.4) is 0 Å². The van der Waals surface area contributed by atoms with Gasteiger partial charge in [-0.1, -0.05) is 6.07 Å². The number of carbonyl (C=O) groups is 3. The minimum Gasteiger partial charge on any atom is -0.325 e. The van der Waals surface area contributed by atoms with Crippen LogP contribution < -0.4 is 15.5 Å². The fraction of sp³-hybridized carbons (Fsp3) is 0.286. The highest BCUT2D eigenvalue weighted by Crippen LogP contribution is 2.38. The van der Waals surface area contributed by atoms with Crippen molar-refractivity contribution in [1.29, 1.82) is 0 Å². The molecule has 0 bridgehead atoms. The molecule has 0 aromatic heterocycles. The van der Waals surface area contributed by atoms with E-state index >= 15 is 0 Å². The van der Waals surface area contributed by atoms with Crippen molar-refractivity contribution in [3.63, 3.8) is 0 Å². The quantitative estimate of drug-likeness (QED) is 0.878. The van der Waals surface area contributed by atoms with Crippen LogP contribution in [0.4, 0.5) is 17.1 Å². The number of amides is 3. The van der Waals surface area contributed by atoms with E-state index in [1.54, 1.807) is 35.2 Å². The van der Waals surface area contributed by atoms with Gasteiger partial charge in [0.25, 0.3) is 5.91 Å². The van der Waals surface area contributed by atoms with E-state index in [0.29, 0.717) is 24.2 Å². The Morgan fingerprint density at radius 2 is 1.96 bits per heavy atom. The summed E-state index contributed by atoms with van der Waals surface area (Å²) in [4.78, 5) is 38.4. The molecule has 2 heterocycles. The molecule has 1 fully saturated rings. The minimum atomic E-state index is -0.633. The summed E-state index contributed by atoms with van der Waals surface area (Å²) in [7, 11) is 0. The third-order valence-corrected chi connectivity index (χ3v) is 5.26. The molecule has 27 heavy (non-hydrogen) atoms. The number of benzene rings is 2. The summed E-state index contributed by atoms with van der Waals surface area (Å²) in [6, 6.07) is 12.5. The van der Waals surface area contributed by atoms with Crippen LogP contribution in [0.5, 0.6) is 0 Å². The number of hydrogen-bond acceptors (Lipinski definition) is 3. The molecule has 0 spiro atoms. The van der Waals surface area contributed by atoms with Crippen molar-refractivity contribution >= 4 is 34.8 Å². The van der Waals surface area contributed by atoms with Crippen molar-refractivity contribution in [3.8, 4) is 0 Å². The van der Waals surface area contributed by atoms with Crippen LogP contribution in [0.2, 0.25) is 0 Å². The van der Waals surface area contributed by atoms with Crippen LogP contribution in [-0.4, -0.2) is 24.3 Å². The molecule has 2 aliphatic rings. The first kappa shape index (κ1) is 17.3. The Morgan fingerprint density at radius 1 is 1.15 bits per heavy atom. The van der Waals surface area contributed by atoms with Gasteiger partial charge in [0.05, 0.1) is 5.41 Å². The molecule has 2 N–H and O–H groups in total. The maximum atomic E-state index is 12.7. The van der Waals surface area contributed by atoms with Gasteiger partial charge in [-0.15, -0.1) is 0 Å². The third kappa shape index (κ3) is 2.97. The Balaban J connectivity index is 1.56. The zero-order valence-electron chi connectivity index (χ0n) is 15.3. The summed E-state index contributed by atoms with van der Waals surface area (Å²) < 4.78 is 0. The Bertz CT molecular complexity index is 965.